The maximum atomic E-state index is 10.6. The summed E-state index contributed by atoms with van der Waals surface area (Å²) in [5.74, 6) is -0.720. The van der Waals surface area contributed by atoms with Gasteiger partial charge in [-0.25, -0.2) is 4.98 Å². The van der Waals surface area contributed by atoms with Crippen molar-refractivity contribution >= 4 is 16.9 Å². The van der Waals surface area contributed by atoms with Crippen LogP contribution in [0.2, 0.25) is 0 Å². The Morgan fingerprint density at radius 1 is 1.41 bits per heavy atom. The van der Waals surface area contributed by atoms with Crippen LogP contribution in [0, 0.1) is 0 Å². The Morgan fingerprint density at radius 2 is 2.18 bits per heavy atom. The van der Waals surface area contributed by atoms with Crippen molar-refractivity contribution in [2.45, 2.75) is 6.42 Å². The summed E-state index contributed by atoms with van der Waals surface area (Å²) in [4.78, 5) is 18.6. The summed E-state index contributed by atoms with van der Waals surface area (Å²) in [5, 5.41) is 18.9. The third kappa shape index (κ3) is 2.10. The number of phenolic OH excluding ortho intramolecular Hbond substituents is 1. The maximum Gasteiger partial charge on any atom is 0.311 e. The first kappa shape index (κ1) is 11.1. The van der Waals surface area contributed by atoms with Gasteiger partial charge >= 0.3 is 5.97 Å². The third-order valence-electron chi connectivity index (χ3n) is 2.22. The summed E-state index contributed by atoms with van der Waals surface area (Å²) in [7, 11) is 1.43. The SMILES string of the molecule is COc1nc(CC(=O)O)nc2c(O)cccc12. The van der Waals surface area contributed by atoms with E-state index in [-0.39, 0.29) is 29.4 Å². The lowest BCUT2D eigenvalue weighted by Gasteiger charge is -2.07. The molecule has 0 aliphatic carbocycles. The number of aromatic hydroxyl groups is 1. The van der Waals surface area contributed by atoms with Gasteiger partial charge in [0.1, 0.15) is 23.5 Å². The van der Waals surface area contributed by atoms with Crippen LogP contribution in [-0.4, -0.2) is 33.3 Å². The van der Waals surface area contributed by atoms with Gasteiger partial charge in [-0.05, 0) is 12.1 Å². The fourth-order valence-electron chi connectivity index (χ4n) is 1.52. The molecule has 1 aromatic carbocycles. The van der Waals surface area contributed by atoms with Crippen molar-refractivity contribution in [1.29, 1.82) is 0 Å². The van der Waals surface area contributed by atoms with Gasteiger partial charge < -0.3 is 14.9 Å². The van der Waals surface area contributed by atoms with Gasteiger partial charge in [-0.1, -0.05) is 6.07 Å². The van der Waals surface area contributed by atoms with E-state index in [1.165, 1.54) is 13.2 Å². The molecule has 88 valence electrons. The zero-order chi connectivity index (χ0) is 12.4. The summed E-state index contributed by atoms with van der Waals surface area (Å²) in [5.41, 5.74) is 0.288. The van der Waals surface area contributed by atoms with Gasteiger partial charge in [0.2, 0.25) is 5.88 Å². The van der Waals surface area contributed by atoms with Crippen LogP contribution in [0.5, 0.6) is 11.6 Å². The maximum absolute atomic E-state index is 10.6. The Bertz CT molecular complexity index is 583. The standard InChI is InChI=1S/C11H10N2O4/c1-17-11-6-3-2-4-7(14)10(6)12-8(13-11)5-9(15)16/h2-4,14H,5H2,1H3,(H,15,16). The molecule has 6 nitrogen and oxygen atoms in total. The number of hydrogen-bond donors (Lipinski definition) is 2. The lowest BCUT2D eigenvalue weighted by molar-refractivity contribution is -0.136. The average molecular weight is 234 g/mol. The normalized spacial score (nSPS) is 10.4. The van der Waals surface area contributed by atoms with E-state index in [4.69, 9.17) is 9.84 Å². The number of nitrogens with zero attached hydrogens (tertiary/aromatic N) is 2. The van der Waals surface area contributed by atoms with Crippen LogP contribution in [0.25, 0.3) is 10.9 Å². The molecule has 0 amide bonds. The molecular formula is C11H10N2O4. The highest BCUT2D eigenvalue weighted by Crippen LogP contribution is 2.28. The molecule has 2 N–H and O–H groups in total. The number of hydrogen-bond acceptors (Lipinski definition) is 5. The Morgan fingerprint density at radius 3 is 2.82 bits per heavy atom. The number of phenols is 1. The first-order valence-corrected chi connectivity index (χ1v) is 4.86. The van der Waals surface area contributed by atoms with Crippen molar-refractivity contribution < 1.29 is 19.7 Å². The molecule has 0 bridgehead atoms. The summed E-state index contributed by atoms with van der Waals surface area (Å²) < 4.78 is 5.05. The highest BCUT2D eigenvalue weighted by atomic mass is 16.5. The summed E-state index contributed by atoms with van der Waals surface area (Å²) in [6.07, 6.45) is -0.319. The number of para-hydroxylation sites is 1. The first-order valence-electron chi connectivity index (χ1n) is 4.86. The Kier molecular flexibility index (Phi) is 2.78. The smallest absolute Gasteiger partial charge is 0.311 e. The summed E-state index contributed by atoms with van der Waals surface area (Å²) in [6.45, 7) is 0. The molecule has 0 aliphatic heterocycles. The number of ether oxygens (including phenoxy) is 1. The van der Waals surface area contributed by atoms with Crippen LogP contribution >= 0.6 is 0 Å². The zero-order valence-corrected chi connectivity index (χ0v) is 9.04. The molecule has 17 heavy (non-hydrogen) atoms. The lowest BCUT2D eigenvalue weighted by Crippen LogP contribution is -2.06. The number of rotatable bonds is 3. The van der Waals surface area contributed by atoms with Crippen molar-refractivity contribution in [3.05, 3.63) is 24.0 Å². The monoisotopic (exact) mass is 234 g/mol. The number of benzene rings is 1. The number of aliphatic carboxylic acids is 1. The van der Waals surface area contributed by atoms with E-state index in [0.717, 1.165) is 0 Å². The number of aromatic nitrogens is 2. The predicted molar refractivity (Wildman–Crippen MR) is 59.1 cm³/mol. The summed E-state index contributed by atoms with van der Waals surface area (Å²) in [6, 6.07) is 4.80. The molecule has 0 unspecified atom stereocenters. The zero-order valence-electron chi connectivity index (χ0n) is 9.04. The number of methoxy groups -OCH3 is 1. The summed E-state index contributed by atoms with van der Waals surface area (Å²) >= 11 is 0. The highest BCUT2D eigenvalue weighted by molar-refractivity contribution is 5.88. The minimum absolute atomic E-state index is 0.0326. The molecule has 0 saturated carbocycles. The van der Waals surface area contributed by atoms with Gasteiger partial charge in [-0.3, -0.25) is 4.79 Å². The molecule has 0 spiro atoms. The van der Waals surface area contributed by atoms with Gasteiger partial charge in [0, 0.05) is 0 Å². The second-order valence-corrected chi connectivity index (χ2v) is 3.39. The number of carboxylic acids is 1. The van der Waals surface area contributed by atoms with E-state index in [2.05, 4.69) is 9.97 Å². The second kappa shape index (κ2) is 4.25. The lowest BCUT2D eigenvalue weighted by atomic mass is 10.2. The van der Waals surface area contributed by atoms with Crippen molar-refractivity contribution in [2.24, 2.45) is 0 Å². The van der Waals surface area contributed by atoms with E-state index < -0.39 is 5.97 Å². The van der Waals surface area contributed by atoms with Crippen molar-refractivity contribution in [3.63, 3.8) is 0 Å². The van der Waals surface area contributed by atoms with E-state index in [1.807, 2.05) is 0 Å². The van der Waals surface area contributed by atoms with Gasteiger partial charge in [0.15, 0.2) is 0 Å². The van der Waals surface area contributed by atoms with Crippen LogP contribution < -0.4 is 4.74 Å². The van der Waals surface area contributed by atoms with Gasteiger partial charge in [0.25, 0.3) is 0 Å². The number of fused-ring (bicyclic) bond motifs is 1. The topological polar surface area (TPSA) is 92.5 Å². The molecule has 0 saturated heterocycles. The first-order chi connectivity index (χ1) is 8.11. The Labute approximate surface area is 96.5 Å². The fourth-order valence-corrected chi connectivity index (χ4v) is 1.52. The Balaban J connectivity index is 2.67. The van der Waals surface area contributed by atoms with Crippen molar-refractivity contribution in [1.82, 2.24) is 9.97 Å². The molecule has 0 fully saturated rings. The minimum Gasteiger partial charge on any atom is -0.506 e. The van der Waals surface area contributed by atoms with Crippen LogP contribution in [0.4, 0.5) is 0 Å². The van der Waals surface area contributed by atoms with E-state index >= 15 is 0 Å². The second-order valence-electron chi connectivity index (χ2n) is 3.39. The van der Waals surface area contributed by atoms with Crippen molar-refractivity contribution in [2.75, 3.05) is 7.11 Å². The fraction of sp³-hybridized carbons (Fsp3) is 0.182. The van der Waals surface area contributed by atoms with Gasteiger partial charge in [-0.2, -0.15) is 4.98 Å². The Hall–Kier alpha value is -2.37. The molecule has 2 aromatic rings. The molecule has 2 rings (SSSR count). The molecule has 1 heterocycles. The number of carbonyl (C=O) groups is 1. The van der Waals surface area contributed by atoms with Crippen LogP contribution in [0.15, 0.2) is 18.2 Å². The van der Waals surface area contributed by atoms with Gasteiger partial charge in [-0.15, -0.1) is 0 Å². The highest BCUT2D eigenvalue weighted by Gasteiger charge is 2.12. The van der Waals surface area contributed by atoms with E-state index in [0.29, 0.717) is 5.39 Å². The van der Waals surface area contributed by atoms with Crippen LogP contribution in [0.3, 0.4) is 0 Å². The quantitative estimate of drug-likeness (QED) is 0.822. The number of carboxylic acid groups (broad SMARTS) is 1. The molecular weight excluding hydrogens is 224 g/mol. The van der Waals surface area contributed by atoms with E-state index in [1.54, 1.807) is 12.1 Å². The molecule has 6 heteroatoms. The average Bonchev–Trinajstić information content (AvgIpc) is 2.28. The largest absolute Gasteiger partial charge is 0.506 e. The predicted octanol–water partition coefficient (Wildman–Crippen LogP) is 0.971. The molecule has 0 atom stereocenters. The van der Waals surface area contributed by atoms with Crippen LogP contribution in [-0.2, 0) is 11.2 Å². The molecule has 0 radical (unpaired) electrons. The van der Waals surface area contributed by atoms with Crippen LogP contribution in [0.1, 0.15) is 5.82 Å². The molecule has 0 aliphatic rings. The van der Waals surface area contributed by atoms with Gasteiger partial charge in [0.05, 0.1) is 12.5 Å². The minimum atomic E-state index is -1.04. The third-order valence-corrected chi connectivity index (χ3v) is 2.22. The van der Waals surface area contributed by atoms with Crippen molar-refractivity contribution in [3.8, 4) is 11.6 Å². The molecule has 1 aromatic heterocycles. The van der Waals surface area contributed by atoms with E-state index in [9.17, 15) is 9.90 Å².